The Hall–Kier alpha value is -1.97. The molecule has 2 aromatic carbocycles. The van der Waals surface area contributed by atoms with E-state index in [0.29, 0.717) is 24.9 Å². The maximum Gasteiger partial charge on any atom is 0.318 e. The number of halogens is 2. The topological polar surface area (TPSA) is 86.7 Å². The van der Waals surface area contributed by atoms with E-state index in [9.17, 15) is 17.6 Å². The molecule has 2 aromatic rings. The average Bonchev–Trinajstić information content (AvgIpc) is 2.67. The summed E-state index contributed by atoms with van der Waals surface area (Å²) in [6.07, 6.45) is 1.00. The van der Waals surface area contributed by atoms with Crippen LogP contribution in [0.25, 0.3) is 0 Å². The van der Waals surface area contributed by atoms with E-state index in [4.69, 9.17) is 4.55 Å². The van der Waals surface area contributed by atoms with Gasteiger partial charge >= 0.3 is 6.03 Å². The Bertz CT molecular complexity index is 999. The molecule has 2 amide bonds. The summed E-state index contributed by atoms with van der Waals surface area (Å²) in [6.45, 7) is 2.40. The molecule has 1 fully saturated rings. The highest BCUT2D eigenvalue weighted by molar-refractivity contribution is 9.10. The summed E-state index contributed by atoms with van der Waals surface area (Å²) in [7, 11) is -4.10. The summed E-state index contributed by atoms with van der Waals surface area (Å²) in [5.74, 6) is -0.787. The molecule has 3 rings (SSSR count). The molecule has 0 saturated carbocycles. The van der Waals surface area contributed by atoms with Gasteiger partial charge in [0.05, 0.1) is 17.3 Å². The van der Waals surface area contributed by atoms with Crippen LogP contribution in [0, 0.1) is 5.82 Å². The number of amides is 2. The minimum atomic E-state index is -4.10. The lowest BCUT2D eigenvalue weighted by atomic mass is 9.81. The van der Waals surface area contributed by atoms with Crippen LogP contribution in [-0.4, -0.2) is 36.2 Å². The molecule has 1 aliphatic rings. The molecule has 0 aromatic heterocycles. The first-order valence-corrected chi connectivity index (χ1v) is 12.1. The van der Waals surface area contributed by atoms with Crippen molar-refractivity contribution in [2.45, 2.75) is 37.8 Å². The van der Waals surface area contributed by atoms with Crippen LogP contribution < -0.4 is 5.32 Å². The largest absolute Gasteiger partial charge is 0.328 e. The first kappa shape index (κ1) is 22.7. The van der Waals surface area contributed by atoms with Gasteiger partial charge in [0.15, 0.2) is 0 Å². The second-order valence-electron chi connectivity index (χ2n) is 7.58. The molecule has 1 heterocycles. The van der Waals surface area contributed by atoms with Crippen LogP contribution in [0.2, 0.25) is 0 Å². The molecule has 0 aliphatic carbocycles. The molecule has 162 valence electrons. The van der Waals surface area contributed by atoms with E-state index in [1.165, 1.54) is 12.1 Å². The molecule has 0 spiro atoms. The van der Waals surface area contributed by atoms with E-state index in [0.717, 1.165) is 10.0 Å². The van der Waals surface area contributed by atoms with E-state index in [2.05, 4.69) is 21.2 Å². The van der Waals surface area contributed by atoms with Gasteiger partial charge in [0, 0.05) is 11.0 Å². The molecular formula is C21H24BrFN2O4S. The summed E-state index contributed by atoms with van der Waals surface area (Å²) < 4.78 is 45.8. The third-order valence-corrected chi connectivity index (χ3v) is 6.94. The zero-order valence-corrected chi connectivity index (χ0v) is 18.9. The van der Waals surface area contributed by atoms with Crippen LogP contribution in [0.4, 0.5) is 9.18 Å². The number of carbonyl (C=O) groups is 1. The molecule has 9 heteroatoms. The number of nitrogens with one attached hydrogen (secondary N) is 1. The Morgan fingerprint density at radius 2 is 1.83 bits per heavy atom. The van der Waals surface area contributed by atoms with Crippen molar-refractivity contribution in [2.75, 3.05) is 12.3 Å². The number of hydrogen-bond acceptors (Lipinski definition) is 3. The van der Waals surface area contributed by atoms with Gasteiger partial charge in [0.1, 0.15) is 5.82 Å². The zero-order valence-electron chi connectivity index (χ0n) is 16.5. The quantitative estimate of drug-likeness (QED) is 0.544. The lowest BCUT2D eigenvalue weighted by Crippen LogP contribution is -2.58. The SMILES string of the molecule is C[C@@H](c1ccc(Br)cc1)N1CC[C@](CCCS(=O)(=O)O)(c2ccc(F)cc2)NC1=O. The Morgan fingerprint density at radius 3 is 2.40 bits per heavy atom. The molecule has 1 aliphatic heterocycles. The fourth-order valence-corrected chi connectivity index (χ4v) is 4.69. The first-order chi connectivity index (χ1) is 14.1. The number of urea groups is 1. The molecule has 0 radical (unpaired) electrons. The van der Waals surface area contributed by atoms with Crippen LogP contribution in [0.1, 0.15) is 43.4 Å². The number of nitrogens with zero attached hydrogens (tertiary/aromatic N) is 1. The second kappa shape index (κ2) is 9.03. The van der Waals surface area contributed by atoms with Gasteiger partial charge in [-0.2, -0.15) is 8.42 Å². The summed E-state index contributed by atoms with van der Waals surface area (Å²) in [5.41, 5.74) is 0.878. The van der Waals surface area contributed by atoms with Crippen molar-refractivity contribution in [1.82, 2.24) is 10.2 Å². The summed E-state index contributed by atoms with van der Waals surface area (Å²) in [4.78, 5) is 14.8. The van der Waals surface area contributed by atoms with Gasteiger partial charge in [0.2, 0.25) is 0 Å². The maximum atomic E-state index is 13.4. The predicted octanol–water partition coefficient (Wildman–Crippen LogP) is 4.63. The van der Waals surface area contributed by atoms with Gasteiger partial charge in [-0.1, -0.05) is 40.2 Å². The monoisotopic (exact) mass is 498 g/mol. The van der Waals surface area contributed by atoms with Crippen LogP contribution in [-0.2, 0) is 15.7 Å². The highest BCUT2D eigenvalue weighted by atomic mass is 79.9. The Labute approximate surface area is 184 Å². The third kappa shape index (κ3) is 5.39. The Balaban J connectivity index is 1.82. The number of rotatable bonds is 7. The number of benzene rings is 2. The smallest absolute Gasteiger partial charge is 0.318 e. The summed E-state index contributed by atoms with van der Waals surface area (Å²) in [6, 6.07) is 13.2. The lowest BCUT2D eigenvalue weighted by Gasteiger charge is -2.45. The third-order valence-electron chi connectivity index (χ3n) is 5.61. The summed E-state index contributed by atoms with van der Waals surface area (Å²) >= 11 is 3.41. The fourth-order valence-electron chi connectivity index (χ4n) is 3.92. The van der Waals surface area contributed by atoms with Gasteiger partial charge in [0.25, 0.3) is 10.1 Å². The molecule has 0 unspecified atom stereocenters. The van der Waals surface area contributed by atoms with E-state index >= 15 is 0 Å². The van der Waals surface area contributed by atoms with Gasteiger partial charge < -0.3 is 10.2 Å². The first-order valence-electron chi connectivity index (χ1n) is 9.65. The van der Waals surface area contributed by atoms with E-state index < -0.39 is 21.4 Å². The minimum absolute atomic E-state index is 0.151. The molecule has 2 N–H and O–H groups in total. The van der Waals surface area contributed by atoms with Crippen LogP contribution in [0.5, 0.6) is 0 Å². The van der Waals surface area contributed by atoms with Crippen molar-refractivity contribution in [2.24, 2.45) is 0 Å². The lowest BCUT2D eigenvalue weighted by molar-refractivity contribution is 0.121. The van der Waals surface area contributed by atoms with Gasteiger partial charge in [-0.15, -0.1) is 0 Å². The van der Waals surface area contributed by atoms with Crippen molar-refractivity contribution < 1.29 is 22.2 Å². The normalized spacial score (nSPS) is 20.7. The van der Waals surface area contributed by atoms with Crippen molar-refractivity contribution in [3.63, 3.8) is 0 Å². The van der Waals surface area contributed by atoms with Crippen LogP contribution >= 0.6 is 15.9 Å². The minimum Gasteiger partial charge on any atom is -0.328 e. The van der Waals surface area contributed by atoms with Crippen molar-refractivity contribution in [1.29, 1.82) is 0 Å². The molecule has 0 bridgehead atoms. The van der Waals surface area contributed by atoms with E-state index in [1.54, 1.807) is 17.0 Å². The van der Waals surface area contributed by atoms with Crippen molar-refractivity contribution in [3.8, 4) is 0 Å². The summed E-state index contributed by atoms with van der Waals surface area (Å²) in [5, 5.41) is 3.04. The van der Waals surface area contributed by atoms with E-state index in [1.807, 2.05) is 31.2 Å². The fraction of sp³-hybridized carbons (Fsp3) is 0.381. The Morgan fingerprint density at radius 1 is 1.20 bits per heavy atom. The Kier molecular flexibility index (Phi) is 6.84. The van der Waals surface area contributed by atoms with Crippen molar-refractivity contribution in [3.05, 3.63) is 69.9 Å². The molecular weight excluding hydrogens is 475 g/mol. The van der Waals surface area contributed by atoms with Crippen molar-refractivity contribution >= 4 is 32.1 Å². The maximum absolute atomic E-state index is 13.4. The zero-order chi connectivity index (χ0) is 21.9. The molecule has 2 atom stereocenters. The average molecular weight is 499 g/mol. The number of carbonyl (C=O) groups excluding carboxylic acids is 1. The predicted molar refractivity (Wildman–Crippen MR) is 116 cm³/mol. The molecule has 30 heavy (non-hydrogen) atoms. The number of hydrogen-bond donors (Lipinski definition) is 2. The second-order valence-corrected chi connectivity index (χ2v) is 10.1. The van der Waals surface area contributed by atoms with Gasteiger partial charge in [-0.3, -0.25) is 4.55 Å². The van der Waals surface area contributed by atoms with Crippen LogP contribution in [0.3, 0.4) is 0 Å². The van der Waals surface area contributed by atoms with Gasteiger partial charge in [-0.05, 0) is 61.6 Å². The van der Waals surface area contributed by atoms with Gasteiger partial charge in [-0.25, -0.2) is 9.18 Å². The highest BCUT2D eigenvalue weighted by Crippen LogP contribution is 2.36. The van der Waals surface area contributed by atoms with Crippen LogP contribution in [0.15, 0.2) is 53.0 Å². The van der Waals surface area contributed by atoms with E-state index in [-0.39, 0.29) is 24.3 Å². The standard InChI is InChI=1S/C21H24BrFN2O4S/c1-15(16-3-7-18(22)8-4-16)25-13-12-21(24-20(25)26,11-2-14-30(27,28)29)17-5-9-19(23)10-6-17/h3-10,15H,2,11-14H2,1H3,(H,24,26)(H,27,28,29)/t15-,21+/m0/s1. The molecule has 1 saturated heterocycles. The molecule has 6 nitrogen and oxygen atoms in total. The highest BCUT2D eigenvalue weighted by Gasteiger charge is 2.41.